The fourth-order valence-electron chi connectivity index (χ4n) is 5.40. The Bertz CT molecular complexity index is 1320. The van der Waals surface area contributed by atoms with Crippen LogP contribution in [0.25, 0.3) is 10.9 Å². The van der Waals surface area contributed by atoms with Crippen LogP contribution < -0.4 is 5.56 Å². The van der Waals surface area contributed by atoms with Crippen LogP contribution >= 0.6 is 0 Å². The van der Waals surface area contributed by atoms with Crippen LogP contribution in [0.15, 0.2) is 51.9 Å². The Morgan fingerprint density at radius 1 is 1.17 bits per heavy atom. The minimum absolute atomic E-state index is 0.0657. The number of aryl methyl sites for hydroxylation is 1. The van der Waals surface area contributed by atoms with Crippen molar-refractivity contribution in [1.29, 1.82) is 0 Å². The van der Waals surface area contributed by atoms with Crippen molar-refractivity contribution in [2.24, 2.45) is 5.92 Å². The summed E-state index contributed by atoms with van der Waals surface area (Å²) < 4.78 is 7.76. The number of rotatable bonds is 9. The van der Waals surface area contributed by atoms with Gasteiger partial charge in [0.2, 0.25) is 0 Å². The third-order valence-corrected chi connectivity index (χ3v) is 7.18. The van der Waals surface area contributed by atoms with Crippen molar-refractivity contribution < 1.29 is 4.42 Å². The van der Waals surface area contributed by atoms with Crippen molar-refractivity contribution in [2.75, 3.05) is 0 Å². The second-order valence-electron chi connectivity index (χ2n) is 9.99. The molecule has 35 heavy (non-hydrogen) atoms. The molecule has 0 saturated heterocycles. The van der Waals surface area contributed by atoms with Crippen molar-refractivity contribution in [3.8, 4) is 0 Å². The van der Waals surface area contributed by atoms with Gasteiger partial charge in [0, 0.05) is 17.6 Å². The van der Waals surface area contributed by atoms with E-state index in [0.717, 1.165) is 47.3 Å². The lowest BCUT2D eigenvalue weighted by molar-refractivity contribution is 0.114. The van der Waals surface area contributed by atoms with Gasteiger partial charge in [0.15, 0.2) is 5.82 Å². The highest BCUT2D eigenvalue weighted by atomic mass is 16.3. The van der Waals surface area contributed by atoms with Crippen LogP contribution in [0.2, 0.25) is 0 Å². The van der Waals surface area contributed by atoms with Gasteiger partial charge in [0.05, 0.1) is 24.9 Å². The molecule has 0 bridgehead atoms. The van der Waals surface area contributed by atoms with E-state index in [1.165, 1.54) is 18.4 Å². The zero-order chi connectivity index (χ0) is 24.4. The highest BCUT2D eigenvalue weighted by Crippen LogP contribution is 2.35. The molecular weight excluding hydrogens is 440 g/mol. The Balaban J connectivity index is 1.55. The second-order valence-corrected chi connectivity index (χ2v) is 9.99. The lowest BCUT2D eigenvalue weighted by Gasteiger charge is -2.33. The number of aromatic amines is 1. The maximum Gasteiger partial charge on any atom is 0.252 e. The van der Waals surface area contributed by atoms with E-state index in [1.807, 2.05) is 28.9 Å². The standard InChI is InChI=1S/C27H34N6O2/c1-4-19-11-12-24-20(14-19)15-21(27(34)28-24)16-32(17-23-10-7-13-35-23)25(18(2)3)26-29-30-31-33(26)22-8-5-6-9-22/h7,10-15,18,22,25H,4-6,8-9,16-17H2,1-3H3,(H,28,34)/t25-/m1/s1. The number of hydrogen-bond acceptors (Lipinski definition) is 6. The minimum Gasteiger partial charge on any atom is -0.468 e. The first-order valence-corrected chi connectivity index (χ1v) is 12.7. The number of aromatic nitrogens is 5. The summed E-state index contributed by atoms with van der Waals surface area (Å²) in [6.45, 7) is 7.53. The maximum absolute atomic E-state index is 13.1. The predicted octanol–water partition coefficient (Wildman–Crippen LogP) is 5.18. The maximum atomic E-state index is 13.1. The van der Waals surface area contributed by atoms with Gasteiger partial charge in [-0.1, -0.05) is 39.7 Å². The fraction of sp³-hybridized carbons (Fsp3) is 0.481. The third-order valence-electron chi connectivity index (χ3n) is 7.18. The van der Waals surface area contributed by atoms with Gasteiger partial charge in [-0.2, -0.15) is 0 Å². The Kier molecular flexibility index (Phi) is 6.81. The summed E-state index contributed by atoms with van der Waals surface area (Å²) in [5, 5.41) is 14.0. The fourth-order valence-corrected chi connectivity index (χ4v) is 5.40. The average molecular weight is 475 g/mol. The molecule has 184 valence electrons. The van der Waals surface area contributed by atoms with E-state index >= 15 is 0 Å². The quantitative estimate of drug-likeness (QED) is 0.359. The average Bonchev–Trinajstić information content (AvgIpc) is 3.62. The van der Waals surface area contributed by atoms with Gasteiger partial charge in [-0.25, -0.2) is 4.68 Å². The molecule has 1 aliphatic rings. The Morgan fingerprint density at radius 2 is 2.00 bits per heavy atom. The monoisotopic (exact) mass is 474 g/mol. The minimum atomic E-state index is -0.0761. The summed E-state index contributed by atoms with van der Waals surface area (Å²) in [6.07, 6.45) is 7.26. The molecule has 0 aliphatic heterocycles. The van der Waals surface area contributed by atoms with Gasteiger partial charge in [-0.3, -0.25) is 9.69 Å². The van der Waals surface area contributed by atoms with Crippen LogP contribution in [-0.2, 0) is 19.5 Å². The molecule has 8 nitrogen and oxygen atoms in total. The molecule has 0 unspecified atom stereocenters. The van der Waals surface area contributed by atoms with Crippen LogP contribution in [0.1, 0.15) is 81.2 Å². The summed E-state index contributed by atoms with van der Waals surface area (Å²) in [6, 6.07) is 12.4. The molecule has 8 heteroatoms. The number of H-pyrrole nitrogens is 1. The van der Waals surface area contributed by atoms with Gasteiger partial charge in [0.1, 0.15) is 5.76 Å². The topological polar surface area (TPSA) is 92.8 Å². The highest BCUT2D eigenvalue weighted by Gasteiger charge is 2.33. The van der Waals surface area contributed by atoms with E-state index < -0.39 is 0 Å². The Labute approximate surface area is 205 Å². The molecule has 3 heterocycles. The number of tetrazole rings is 1. The van der Waals surface area contributed by atoms with Gasteiger partial charge < -0.3 is 9.40 Å². The largest absolute Gasteiger partial charge is 0.468 e. The lowest BCUT2D eigenvalue weighted by Crippen LogP contribution is -2.35. The van der Waals surface area contributed by atoms with Gasteiger partial charge in [-0.15, -0.1) is 5.10 Å². The van der Waals surface area contributed by atoms with Crippen molar-refractivity contribution in [2.45, 2.75) is 78.0 Å². The van der Waals surface area contributed by atoms with E-state index in [0.29, 0.717) is 19.1 Å². The van der Waals surface area contributed by atoms with Gasteiger partial charge >= 0.3 is 0 Å². The Morgan fingerprint density at radius 3 is 2.71 bits per heavy atom. The van der Waals surface area contributed by atoms with Crippen LogP contribution in [0, 0.1) is 5.92 Å². The summed E-state index contributed by atoms with van der Waals surface area (Å²) in [4.78, 5) is 18.5. The van der Waals surface area contributed by atoms with Gasteiger partial charge in [0.25, 0.3) is 5.56 Å². The number of hydrogen-bond donors (Lipinski definition) is 1. The first kappa shape index (κ1) is 23.5. The van der Waals surface area contributed by atoms with Gasteiger partial charge in [-0.05, 0) is 76.9 Å². The summed E-state index contributed by atoms with van der Waals surface area (Å²) in [7, 11) is 0. The highest BCUT2D eigenvalue weighted by molar-refractivity contribution is 5.79. The third kappa shape index (κ3) is 4.93. The van der Waals surface area contributed by atoms with Crippen LogP contribution in [-0.4, -0.2) is 30.1 Å². The molecule has 0 amide bonds. The van der Waals surface area contributed by atoms with E-state index in [1.54, 1.807) is 6.26 Å². The molecular formula is C27H34N6O2. The molecule has 1 fully saturated rings. The van der Waals surface area contributed by atoms with Crippen LogP contribution in [0.4, 0.5) is 0 Å². The van der Waals surface area contributed by atoms with Crippen LogP contribution in [0.3, 0.4) is 0 Å². The molecule has 3 aromatic heterocycles. The first-order chi connectivity index (χ1) is 17.0. The van der Waals surface area contributed by atoms with E-state index in [9.17, 15) is 4.79 Å². The normalized spacial score (nSPS) is 15.6. The van der Waals surface area contributed by atoms with Crippen molar-refractivity contribution in [3.05, 3.63) is 75.7 Å². The molecule has 1 N–H and O–H groups in total. The molecule has 1 aliphatic carbocycles. The van der Waals surface area contributed by atoms with Crippen molar-refractivity contribution >= 4 is 10.9 Å². The second kappa shape index (κ2) is 10.2. The summed E-state index contributed by atoms with van der Waals surface area (Å²) in [5.74, 6) is 1.94. The lowest BCUT2D eigenvalue weighted by atomic mass is 9.99. The molecule has 0 radical (unpaired) electrons. The number of furan rings is 1. The molecule has 0 spiro atoms. The molecule has 1 aromatic carbocycles. The molecule has 1 atom stereocenters. The Hall–Kier alpha value is -3.26. The van der Waals surface area contributed by atoms with E-state index in [4.69, 9.17) is 4.42 Å². The van der Waals surface area contributed by atoms with Crippen molar-refractivity contribution in [1.82, 2.24) is 30.1 Å². The predicted molar refractivity (Wildman–Crippen MR) is 135 cm³/mol. The zero-order valence-corrected chi connectivity index (χ0v) is 20.8. The first-order valence-electron chi connectivity index (χ1n) is 12.7. The number of nitrogens with one attached hydrogen (secondary N) is 1. The number of benzene rings is 1. The molecule has 1 saturated carbocycles. The SMILES string of the molecule is CCc1ccc2[nH]c(=O)c(CN(Cc3ccco3)[C@@H](c3nnnn3C3CCCC3)C(C)C)cc2c1. The molecule has 4 aromatic rings. The van der Waals surface area contributed by atoms with Crippen molar-refractivity contribution in [3.63, 3.8) is 0 Å². The smallest absolute Gasteiger partial charge is 0.252 e. The van der Waals surface area contributed by atoms with E-state index in [-0.39, 0.29) is 17.5 Å². The number of fused-ring (bicyclic) bond motifs is 1. The van der Waals surface area contributed by atoms with Crippen LogP contribution in [0.5, 0.6) is 0 Å². The number of nitrogens with zero attached hydrogens (tertiary/aromatic N) is 5. The molecule has 5 rings (SSSR count). The summed E-state index contributed by atoms with van der Waals surface area (Å²) in [5.41, 5.74) is 2.77. The number of pyridine rings is 1. The zero-order valence-electron chi connectivity index (χ0n) is 20.8. The summed E-state index contributed by atoms with van der Waals surface area (Å²) >= 11 is 0. The van der Waals surface area contributed by atoms with E-state index in [2.05, 4.69) is 58.3 Å².